The van der Waals surface area contributed by atoms with Crippen LogP contribution in [0.25, 0.3) is 0 Å². The second kappa shape index (κ2) is 5.40. The molecule has 2 rings (SSSR count). The van der Waals surface area contributed by atoms with Gasteiger partial charge in [-0.25, -0.2) is 0 Å². The zero-order valence-corrected chi connectivity index (χ0v) is 12.2. The molecule has 3 heteroatoms. The molecule has 2 N–H and O–H groups in total. The summed E-state index contributed by atoms with van der Waals surface area (Å²) in [6.45, 7) is 6.68. The number of hydrogen-bond acceptors (Lipinski definition) is 2. The van der Waals surface area contributed by atoms with Gasteiger partial charge in [-0.15, -0.1) is 0 Å². The average Bonchev–Trinajstić information content (AvgIpc) is 2.30. The van der Waals surface area contributed by atoms with Gasteiger partial charge in [-0.05, 0) is 59.3 Å². The van der Waals surface area contributed by atoms with Gasteiger partial charge in [0.15, 0.2) is 0 Å². The summed E-state index contributed by atoms with van der Waals surface area (Å²) in [6, 6.07) is 6.58. The van der Waals surface area contributed by atoms with Crippen molar-refractivity contribution in [1.29, 1.82) is 0 Å². The van der Waals surface area contributed by atoms with Crippen LogP contribution in [0.3, 0.4) is 0 Å². The average molecular weight is 297 g/mol. The summed E-state index contributed by atoms with van der Waals surface area (Å²) in [5.74, 6) is 0.869. The van der Waals surface area contributed by atoms with Crippen LogP contribution in [0.1, 0.15) is 38.3 Å². The van der Waals surface area contributed by atoms with E-state index >= 15 is 0 Å². The zero-order valence-electron chi connectivity index (χ0n) is 10.6. The van der Waals surface area contributed by atoms with Crippen molar-refractivity contribution in [3.8, 4) is 0 Å². The Morgan fingerprint density at radius 2 is 2.00 bits per heavy atom. The van der Waals surface area contributed by atoms with E-state index in [0.717, 1.165) is 19.0 Å². The summed E-state index contributed by atoms with van der Waals surface area (Å²) in [5, 5.41) is 0. The van der Waals surface area contributed by atoms with Crippen LogP contribution in [0.5, 0.6) is 0 Å². The Kier molecular flexibility index (Phi) is 4.10. The van der Waals surface area contributed by atoms with Crippen molar-refractivity contribution >= 4 is 21.6 Å². The van der Waals surface area contributed by atoms with E-state index in [2.05, 4.69) is 46.0 Å². The van der Waals surface area contributed by atoms with Crippen LogP contribution in [0.4, 0.5) is 5.69 Å². The third-order valence-electron chi connectivity index (χ3n) is 3.62. The first-order chi connectivity index (χ1) is 8.08. The summed E-state index contributed by atoms with van der Waals surface area (Å²) < 4.78 is 1.17. The van der Waals surface area contributed by atoms with Gasteiger partial charge >= 0.3 is 0 Å². The van der Waals surface area contributed by atoms with Gasteiger partial charge in [-0.1, -0.05) is 13.0 Å². The van der Waals surface area contributed by atoms with Crippen molar-refractivity contribution in [3.05, 3.63) is 28.2 Å². The molecule has 1 aromatic carbocycles. The molecule has 1 saturated heterocycles. The van der Waals surface area contributed by atoms with E-state index in [-0.39, 0.29) is 6.04 Å². The van der Waals surface area contributed by atoms with E-state index in [1.54, 1.807) is 0 Å². The van der Waals surface area contributed by atoms with E-state index in [1.165, 1.54) is 28.6 Å². The van der Waals surface area contributed by atoms with Gasteiger partial charge in [0.05, 0.1) is 5.69 Å². The molecule has 0 radical (unpaired) electrons. The van der Waals surface area contributed by atoms with Crippen LogP contribution in [0.2, 0.25) is 0 Å². The molecule has 0 amide bonds. The lowest BCUT2D eigenvalue weighted by molar-refractivity contribution is 0.438. The summed E-state index contributed by atoms with van der Waals surface area (Å²) in [7, 11) is 0. The Morgan fingerprint density at radius 3 is 2.53 bits per heavy atom. The summed E-state index contributed by atoms with van der Waals surface area (Å²) in [6.07, 6.45) is 2.59. The maximum atomic E-state index is 5.89. The largest absolute Gasteiger partial charge is 0.371 e. The number of anilines is 1. The lowest BCUT2D eigenvalue weighted by atomic mass is 9.98. The minimum Gasteiger partial charge on any atom is -0.371 e. The summed E-state index contributed by atoms with van der Waals surface area (Å²) in [5.41, 5.74) is 8.39. The molecule has 17 heavy (non-hydrogen) atoms. The lowest BCUT2D eigenvalue weighted by Gasteiger charge is -2.33. The number of halogens is 1. The van der Waals surface area contributed by atoms with Gasteiger partial charge in [0.25, 0.3) is 0 Å². The standard InChI is InChI=1S/C14H21BrN2/c1-10-5-7-17(8-6-10)14-4-3-12(11(2)16)9-13(14)15/h3-4,9-11H,5-8,16H2,1-2H3/t11-/m0/s1. The van der Waals surface area contributed by atoms with Crippen molar-refractivity contribution < 1.29 is 0 Å². The fourth-order valence-corrected chi connectivity index (χ4v) is 2.96. The Labute approximate surface area is 112 Å². The first-order valence-electron chi connectivity index (χ1n) is 6.38. The first kappa shape index (κ1) is 12.9. The fraction of sp³-hybridized carbons (Fsp3) is 0.571. The Balaban J connectivity index is 2.16. The van der Waals surface area contributed by atoms with Crippen LogP contribution >= 0.6 is 15.9 Å². The molecule has 1 heterocycles. The van der Waals surface area contributed by atoms with Crippen molar-refractivity contribution in [1.82, 2.24) is 0 Å². The monoisotopic (exact) mass is 296 g/mol. The van der Waals surface area contributed by atoms with Crippen LogP contribution in [0.15, 0.2) is 22.7 Å². The second-order valence-electron chi connectivity index (χ2n) is 5.17. The van der Waals surface area contributed by atoms with E-state index in [4.69, 9.17) is 5.73 Å². The van der Waals surface area contributed by atoms with Crippen LogP contribution in [0, 0.1) is 5.92 Å². The zero-order chi connectivity index (χ0) is 12.4. The Morgan fingerprint density at radius 1 is 1.35 bits per heavy atom. The molecule has 1 atom stereocenters. The molecule has 0 aromatic heterocycles. The molecule has 0 spiro atoms. The topological polar surface area (TPSA) is 29.3 Å². The van der Waals surface area contributed by atoms with Crippen molar-refractivity contribution in [2.45, 2.75) is 32.7 Å². The summed E-state index contributed by atoms with van der Waals surface area (Å²) >= 11 is 3.67. The maximum absolute atomic E-state index is 5.89. The first-order valence-corrected chi connectivity index (χ1v) is 7.17. The van der Waals surface area contributed by atoms with E-state index < -0.39 is 0 Å². The van der Waals surface area contributed by atoms with Gasteiger partial charge in [0.2, 0.25) is 0 Å². The van der Waals surface area contributed by atoms with Crippen LogP contribution < -0.4 is 10.6 Å². The molecule has 1 aliphatic heterocycles. The van der Waals surface area contributed by atoms with E-state index in [0.29, 0.717) is 0 Å². The number of nitrogens with zero attached hydrogens (tertiary/aromatic N) is 1. The molecule has 0 saturated carbocycles. The molecule has 1 aliphatic rings. The lowest BCUT2D eigenvalue weighted by Crippen LogP contribution is -2.33. The highest BCUT2D eigenvalue weighted by Crippen LogP contribution is 2.31. The molecule has 0 unspecified atom stereocenters. The molecule has 94 valence electrons. The Hall–Kier alpha value is -0.540. The molecule has 0 bridgehead atoms. The highest BCUT2D eigenvalue weighted by atomic mass is 79.9. The third kappa shape index (κ3) is 3.02. The number of hydrogen-bond donors (Lipinski definition) is 1. The number of benzene rings is 1. The smallest absolute Gasteiger partial charge is 0.0510 e. The fourth-order valence-electron chi connectivity index (χ4n) is 2.31. The normalized spacial score (nSPS) is 19.4. The van der Waals surface area contributed by atoms with Crippen molar-refractivity contribution in [2.24, 2.45) is 11.7 Å². The predicted octanol–water partition coefficient (Wildman–Crippen LogP) is 3.71. The minimum atomic E-state index is 0.0988. The van der Waals surface area contributed by atoms with Crippen LogP contribution in [-0.2, 0) is 0 Å². The number of rotatable bonds is 2. The highest BCUT2D eigenvalue weighted by Gasteiger charge is 2.18. The predicted molar refractivity (Wildman–Crippen MR) is 77.4 cm³/mol. The van der Waals surface area contributed by atoms with Crippen molar-refractivity contribution in [2.75, 3.05) is 18.0 Å². The van der Waals surface area contributed by atoms with Gasteiger partial charge in [-0.3, -0.25) is 0 Å². The molecule has 2 nitrogen and oxygen atoms in total. The molecular weight excluding hydrogens is 276 g/mol. The van der Waals surface area contributed by atoms with Crippen molar-refractivity contribution in [3.63, 3.8) is 0 Å². The highest BCUT2D eigenvalue weighted by molar-refractivity contribution is 9.10. The van der Waals surface area contributed by atoms with Gasteiger partial charge in [-0.2, -0.15) is 0 Å². The van der Waals surface area contributed by atoms with E-state index in [9.17, 15) is 0 Å². The molecule has 0 aliphatic carbocycles. The van der Waals surface area contributed by atoms with Gasteiger partial charge in [0, 0.05) is 23.6 Å². The minimum absolute atomic E-state index is 0.0988. The third-order valence-corrected chi connectivity index (χ3v) is 4.26. The van der Waals surface area contributed by atoms with Crippen LogP contribution in [-0.4, -0.2) is 13.1 Å². The SMILES string of the molecule is CC1CCN(c2ccc([C@H](C)N)cc2Br)CC1. The second-order valence-corrected chi connectivity index (χ2v) is 6.02. The van der Waals surface area contributed by atoms with Gasteiger partial charge in [0.1, 0.15) is 0 Å². The molecule has 1 aromatic rings. The molecule has 1 fully saturated rings. The summed E-state index contributed by atoms with van der Waals surface area (Å²) in [4.78, 5) is 2.47. The molecular formula is C14H21BrN2. The maximum Gasteiger partial charge on any atom is 0.0510 e. The van der Waals surface area contributed by atoms with E-state index in [1.807, 2.05) is 6.92 Å². The van der Waals surface area contributed by atoms with Gasteiger partial charge < -0.3 is 10.6 Å². The number of nitrogens with two attached hydrogens (primary N) is 1. The Bertz CT molecular complexity index is 382. The quantitative estimate of drug-likeness (QED) is 0.901. The number of piperidine rings is 1.